The second kappa shape index (κ2) is 13.8. The number of nitrogens with one attached hydrogen (secondary N) is 2. The Morgan fingerprint density at radius 1 is 0.938 bits per heavy atom. The molecule has 0 saturated carbocycles. The van der Waals surface area contributed by atoms with Crippen LogP contribution in [0.4, 0.5) is 32.2 Å². The third-order valence-electron chi connectivity index (χ3n) is 5.82. The number of sulfonamides is 1. The number of benzene rings is 2. The average molecular weight is 700 g/mol. The predicted molar refractivity (Wildman–Crippen MR) is 158 cm³/mol. The van der Waals surface area contributed by atoms with Crippen LogP contribution < -0.4 is 26.3 Å². The first-order valence-electron chi connectivity index (χ1n) is 13.3. The van der Waals surface area contributed by atoms with Crippen molar-refractivity contribution in [1.29, 1.82) is 0 Å². The van der Waals surface area contributed by atoms with Crippen molar-refractivity contribution in [2.45, 2.75) is 43.6 Å². The second-order valence-electron chi connectivity index (χ2n) is 10.9. The number of nitrogens with two attached hydrogens (primary N) is 2. The molecule has 0 aliphatic carbocycles. The van der Waals surface area contributed by atoms with Crippen molar-refractivity contribution < 1.29 is 54.9 Å². The number of amides is 1. The summed E-state index contributed by atoms with van der Waals surface area (Å²) in [5.74, 6) is -3.97. The molecule has 48 heavy (non-hydrogen) atoms. The summed E-state index contributed by atoms with van der Waals surface area (Å²) < 4.78 is 101. The van der Waals surface area contributed by atoms with Crippen LogP contribution in [0.1, 0.15) is 42.5 Å². The van der Waals surface area contributed by atoms with Gasteiger partial charge >= 0.3 is 12.4 Å². The Morgan fingerprint density at radius 2 is 1.56 bits per heavy atom. The van der Waals surface area contributed by atoms with Gasteiger partial charge in [-0.2, -0.15) is 31.4 Å². The lowest BCUT2D eigenvalue weighted by Gasteiger charge is -2.21. The number of nitrogens with zero attached hydrogens (tertiary/aromatic N) is 3. The zero-order valence-corrected chi connectivity index (χ0v) is 26.0. The van der Waals surface area contributed by atoms with Gasteiger partial charge in [-0.1, -0.05) is 24.3 Å². The van der Waals surface area contributed by atoms with E-state index in [9.17, 15) is 39.6 Å². The standard InChI is InChI=1S/C27H26F3N7O3S.C2HF3O2/c1-26(2,3)36-41(39,40)21-10-5-4-9-19(21)17-11-12-23(33-15-17)34-25(38)20-14-22(27(28,29)30)35-37(20)18-8-6-7-16(13-18)24(31)32;3-2(4,5)1(6)7/h4-15,36H,1-3H3,(H3,31,32)(H,33,34,38);(H,6,7). The second-order valence-corrected chi connectivity index (χ2v) is 12.5. The predicted octanol–water partition coefficient (Wildman–Crippen LogP) is 2.05. The number of halogens is 6. The van der Waals surface area contributed by atoms with Crippen molar-refractivity contribution in [3.63, 3.8) is 0 Å². The number of hydrogen-bond donors (Lipinski definition) is 4. The summed E-state index contributed by atoms with van der Waals surface area (Å²) in [5, 5.41) is 20.4. The molecule has 0 aliphatic rings. The van der Waals surface area contributed by atoms with Gasteiger partial charge in [-0.05, 0) is 57.2 Å². The minimum absolute atomic E-state index is 0.0153. The first-order valence-corrected chi connectivity index (χ1v) is 14.8. The van der Waals surface area contributed by atoms with Gasteiger partial charge in [0.1, 0.15) is 17.5 Å². The van der Waals surface area contributed by atoms with E-state index < -0.39 is 51.2 Å². The van der Waals surface area contributed by atoms with Crippen LogP contribution in [0.2, 0.25) is 0 Å². The quantitative estimate of drug-likeness (QED) is 0.128. The first-order chi connectivity index (χ1) is 22.0. The lowest BCUT2D eigenvalue weighted by molar-refractivity contribution is -0.344. The molecule has 0 spiro atoms. The van der Waals surface area contributed by atoms with Gasteiger partial charge in [0.15, 0.2) is 5.69 Å². The van der Waals surface area contributed by atoms with Gasteiger partial charge in [0.25, 0.3) is 11.7 Å². The molecule has 2 aromatic heterocycles. The van der Waals surface area contributed by atoms with E-state index in [-0.39, 0.29) is 22.2 Å². The zero-order chi connectivity index (χ0) is 36.2. The molecule has 0 bridgehead atoms. The van der Waals surface area contributed by atoms with Crippen LogP contribution in [-0.4, -0.2) is 52.6 Å². The number of alkyl halides is 6. The van der Waals surface area contributed by atoms with Crippen molar-refractivity contribution in [2.24, 2.45) is 5.73 Å². The van der Waals surface area contributed by atoms with Crippen LogP contribution in [0, 0.1) is 0 Å². The Balaban J connectivity index is 0.000000804. The lowest BCUT2D eigenvalue weighted by Crippen LogP contribution is -2.46. The lowest BCUT2D eigenvalue weighted by atomic mass is 10.1. The molecule has 256 valence electrons. The molecule has 4 rings (SSSR count). The number of amidine groups is 1. The summed E-state index contributed by atoms with van der Waals surface area (Å²) in [6.07, 6.45) is -8.66. The van der Waals surface area contributed by atoms with Crippen LogP contribution in [0.15, 0.2) is 77.8 Å². The molecule has 0 atom stereocenters. The number of pyridine rings is 1. The fourth-order valence-corrected chi connectivity index (χ4v) is 5.55. The van der Waals surface area contributed by atoms with Gasteiger partial charge in [0.05, 0.1) is 16.1 Å². The molecule has 0 aliphatic heterocycles. The number of anilines is 1. The molecule has 2 heterocycles. The molecule has 6 N–H and O–H groups in total. The molecule has 0 unspecified atom stereocenters. The normalized spacial score (nSPS) is 12.1. The fourth-order valence-electron chi connectivity index (χ4n) is 3.90. The maximum absolute atomic E-state index is 13.5. The molecular weight excluding hydrogens is 672 g/mol. The summed E-state index contributed by atoms with van der Waals surface area (Å²) in [5.41, 5.74) is 4.49. The summed E-state index contributed by atoms with van der Waals surface area (Å²) in [6.45, 7) is 5.16. The van der Waals surface area contributed by atoms with E-state index in [1.54, 1.807) is 45.0 Å². The molecule has 1 amide bonds. The zero-order valence-electron chi connectivity index (χ0n) is 25.1. The van der Waals surface area contributed by atoms with Crippen LogP contribution in [-0.2, 0) is 21.0 Å². The first kappa shape index (κ1) is 37.2. The van der Waals surface area contributed by atoms with Crippen LogP contribution >= 0.6 is 0 Å². The van der Waals surface area contributed by atoms with E-state index in [0.29, 0.717) is 22.8 Å². The molecule has 0 fully saturated rings. The van der Waals surface area contributed by atoms with Gasteiger partial charge < -0.3 is 15.2 Å². The summed E-state index contributed by atoms with van der Waals surface area (Å²) in [6, 6.07) is 15.8. The summed E-state index contributed by atoms with van der Waals surface area (Å²) >= 11 is 0. The van der Waals surface area contributed by atoms with E-state index in [1.165, 1.54) is 42.6 Å². The molecule has 0 radical (unpaired) electrons. The number of carboxylic acid groups (broad SMARTS) is 1. The Bertz CT molecular complexity index is 1940. The molecular formula is C29H27F6N7O5S. The van der Waals surface area contributed by atoms with Crippen molar-refractivity contribution in [3.8, 4) is 16.8 Å². The Kier molecular flexibility index (Phi) is 10.7. The number of carbonyl (C=O) groups excluding carboxylic acids is 2. The highest BCUT2D eigenvalue weighted by Crippen LogP contribution is 2.31. The highest BCUT2D eigenvalue weighted by atomic mass is 32.2. The fraction of sp³-hybridized carbons (Fsp3) is 0.207. The maximum atomic E-state index is 13.5. The molecule has 12 nitrogen and oxygen atoms in total. The monoisotopic (exact) mass is 699 g/mol. The summed E-state index contributed by atoms with van der Waals surface area (Å²) in [4.78, 5) is 26.1. The van der Waals surface area contributed by atoms with Gasteiger partial charge in [0.2, 0.25) is 10.0 Å². The van der Waals surface area contributed by atoms with E-state index in [0.717, 1.165) is 4.68 Å². The average Bonchev–Trinajstić information content (AvgIpc) is 3.43. The maximum Gasteiger partial charge on any atom is 0.435 e. The number of carboxylic acids is 1. The minimum Gasteiger partial charge on any atom is -0.542 e. The van der Waals surface area contributed by atoms with Crippen LogP contribution in [0.5, 0.6) is 0 Å². The SMILES string of the molecule is CC(C)(C)NS(=O)(=O)c1ccccc1-c1ccc(NC(=O)c2cc(C(F)(F)F)nn2-c2cccc(C(N)=[NH2+])c2)nc1.O=C([O-])C(F)(F)F. The van der Waals surface area contributed by atoms with E-state index in [4.69, 9.17) is 21.0 Å². The Labute approximate surface area is 269 Å². The van der Waals surface area contributed by atoms with Crippen molar-refractivity contribution >= 4 is 33.6 Å². The number of aromatic nitrogens is 3. The number of carbonyl (C=O) groups is 2. The molecule has 4 aromatic rings. The molecule has 2 aromatic carbocycles. The van der Waals surface area contributed by atoms with Crippen molar-refractivity contribution in [2.75, 3.05) is 5.32 Å². The smallest absolute Gasteiger partial charge is 0.435 e. The van der Waals surface area contributed by atoms with Crippen LogP contribution in [0.3, 0.4) is 0 Å². The third kappa shape index (κ3) is 9.61. The molecule has 0 saturated heterocycles. The van der Waals surface area contributed by atoms with E-state index >= 15 is 0 Å². The van der Waals surface area contributed by atoms with Gasteiger partial charge in [0, 0.05) is 28.9 Å². The highest BCUT2D eigenvalue weighted by Gasteiger charge is 2.36. The van der Waals surface area contributed by atoms with Crippen molar-refractivity contribution in [1.82, 2.24) is 19.5 Å². The minimum atomic E-state index is -5.19. The van der Waals surface area contributed by atoms with Gasteiger partial charge in [-0.3, -0.25) is 15.9 Å². The van der Waals surface area contributed by atoms with E-state index in [1.807, 2.05) is 0 Å². The largest absolute Gasteiger partial charge is 0.542 e. The van der Waals surface area contributed by atoms with Crippen molar-refractivity contribution in [3.05, 3.63) is 89.9 Å². The van der Waals surface area contributed by atoms with Gasteiger partial charge in [-0.15, -0.1) is 0 Å². The number of rotatable bonds is 7. The Hall–Kier alpha value is -5.30. The van der Waals surface area contributed by atoms with Crippen LogP contribution in [0.25, 0.3) is 16.8 Å². The third-order valence-corrected chi connectivity index (χ3v) is 7.64. The molecule has 19 heteroatoms. The highest BCUT2D eigenvalue weighted by molar-refractivity contribution is 7.89. The number of hydrogen-bond acceptors (Lipinski definition) is 7. The van der Waals surface area contributed by atoms with E-state index in [2.05, 4.69) is 20.1 Å². The summed E-state index contributed by atoms with van der Waals surface area (Å²) in [7, 11) is -3.88. The van der Waals surface area contributed by atoms with Gasteiger partial charge in [-0.25, -0.2) is 22.8 Å². The Morgan fingerprint density at radius 3 is 2.08 bits per heavy atom. The topological polar surface area (TPSA) is 198 Å². The number of aliphatic carboxylic acids is 1.